The number of amides is 1. The highest BCUT2D eigenvalue weighted by Crippen LogP contribution is 2.27. The van der Waals surface area contributed by atoms with E-state index in [0.717, 1.165) is 36.1 Å². The number of carbonyl (C=O) groups excluding carboxylic acids is 1. The third kappa shape index (κ3) is 5.11. The molecule has 4 rings (SSSR count). The van der Waals surface area contributed by atoms with Crippen molar-refractivity contribution in [1.82, 2.24) is 14.8 Å². The van der Waals surface area contributed by atoms with Crippen LogP contribution in [0.5, 0.6) is 0 Å². The molecule has 7 heteroatoms. The van der Waals surface area contributed by atoms with Gasteiger partial charge in [0.2, 0.25) is 0 Å². The molecule has 1 fully saturated rings. The molecule has 33 heavy (non-hydrogen) atoms. The minimum atomic E-state index is -0.272. The predicted octanol–water partition coefficient (Wildman–Crippen LogP) is 3.85. The summed E-state index contributed by atoms with van der Waals surface area (Å²) in [4.78, 5) is 15.3. The predicted molar refractivity (Wildman–Crippen MR) is 127 cm³/mol. The van der Waals surface area contributed by atoms with Crippen LogP contribution in [0.3, 0.4) is 0 Å². The van der Waals surface area contributed by atoms with Crippen LogP contribution in [-0.4, -0.2) is 61.9 Å². The van der Waals surface area contributed by atoms with Gasteiger partial charge in [-0.3, -0.25) is 9.69 Å². The molecule has 6 nitrogen and oxygen atoms in total. The maximum absolute atomic E-state index is 13.9. The van der Waals surface area contributed by atoms with Gasteiger partial charge in [0.1, 0.15) is 5.82 Å². The first-order chi connectivity index (χ1) is 16.0. The molecule has 1 aliphatic heterocycles. The van der Waals surface area contributed by atoms with Crippen molar-refractivity contribution in [2.75, 3.05) is 46.6 Å². The Balaban J connectivity index is 1.54. The highest BCUT2D eigenvalue weighted by molar-refractivity contribution is 5.99. The Morgan fingerprint density at radius 1 is 1.18 bits per heavy atom. The highest BCUT2D eigenvalue weighted by atomic mass is 19.1. The van der Waals surface area contributed by atoms with E-state index < -0.39 is 0 Å². The Hall–Kier alpha value is -2.74. The first-order valence-electron chi connectivity index (χ1n) is 11.4. The normalized spacial score (nSPS) is 15.6. The molecule has 1 saturated heterocycles. The first-order valence-corrected chi connectivity index (χ1v) is 11.4. The van der Waals surface area contributed by atoms with Crippen molar-refractivity contribution in [2.45, 2.75) is 26.4 Å². The van der Waals surface area contributed by atoms with E-state index >= 15 is 0 Å². The van der Waals surface area contributed by atoms with Gasteiger partial charge in [-0.2, -0.15) is 0 Å². The standard InChI is InChI=1S/C26H32FN3O3/c1-18-19(2)30(11-12-32-3)24-8-7-21(16-23(18)24)26(31)28-17-25(29-9-13-33-14-10-29)20-5-4-6-22(27)15-20/h4-8,15-16,25H,9-14,17H2,1-3H3,(H,28,31). The van der Waals surface area contributed by atoms with Gasteiger partial charge in [-0.25, -0.2) is 4.39 Å². The monoisotopic (exact) mass is 453 g/mol. The summed E-state index contributed by atoms with van der Waals surface area (Å²) in [5, 5.41) is 4.16. The zero-order valence-electron chi connectivity index (χ0n) is 19.6. The second kappa shape index (κ2) is 10.5. The fraction of sp³-hybridized carbons (Fsp3) is 0.423. The number of benzene rings is 2. The summed E-state index contributed by atoms with van der Waals surface area (Å²) in [6.07, 6.45) is 0. The Bertz CT molecular complexity index is 1120. The molecule has 0 saturated carbocycles. The average Bonchev–Trinajstić information content (AvgIpc) is 3.07. The number of hydrogen-bond acceptors (Lipinski definition) is 4. The van der Waals surface area contributed by atoms with Gasteiger partial charge >= 0.3 is 0 Å². The molecule has 2 heterocycles. The maximum atomic E-state index is 13.9. The molecule has 1 unspecified atom stereocenters. The van der Waals surface area contributed by atoms with Gasteiger partial charge in [0.15, 0.2) is 0 Å². The van der Waals surface area contributed by atoms with Crippen molar-refractivity contribution < 1.29 is 18.7 Å². The lowest BCUT2D eigenvalue weighted by molar-refractivity contribution is 0.0162. The molecule has 1 atom stereocenters. The number of morpholine rings is 1. The lowest BCUT2D eigenvalue weighted by Crippen LogP contribution is -2.43. The van der Waals surface area contributed by atoms with Crippen LogP contribution >= 0.6 is 0 Å². The number of aryl methyl sites for hydroxylation is 1. The van der Waals surface area contributed by atoms with Gasteiger partial charge in [-0.15, -0.1) is 0 Å². The van der Waals surface area contributed by atoms with Gasteiger partial charge in [-0.1, -0.05) is 12.1 Å². The number of nitrogens with zero attached hydrogens (tertiary/aromatic N) is 2. The summed E-state index contributed by atoms with van der Waals surface area (Å²) < 4.78 is 26.9. The molecule has 0 radical (unpaired) electrons. The molecule has 1 aliphatic rings. The fourth-order valence-electron chi connectivity index (χ4n) is 4.61. The van der Waals surface area contributed by atoms with Crippen molar-refractivity contribution in [1.29, 1.82) is 0 Å². The Labute approximate surface area is 194 Å². The number of hydrogen-bond donors (Lipinski definition) is 1. The number of carbonyl (C=O) groups is 1. The van der Waals surface area contributed by atoms with E-state index in [1.54, 1.807) is 19.2 Å². The maximum Gasteiger partial charge on any atom is 0.251 e. The number of ether oxygens (including phenoxy) is 2. The number of nitrogens with one attached hydrogen (secondary N) is 1. The molecular weight excluding hydrogens is 421 g/mol. The van der Waals surface area contributed by atoms with Gasteiger partial charge in [0.25, 0.3) is 5.91 Å². The van der Waals surface area contributed by atoms with Gasteiger partial charge < -0.3 is 19.4 Å². The molecule has 1 amide bonds. The van der Waals surface area contributed by atoms with Gasteiger partial charge in [0.05, 0.1) is 25.9 Å². The summed E-state index contributed by atoms with van der Waals surface area (Å²) in [6, 6.07) is 12.3. The van der Waals surface area contributed by atoms with Crippen LogP contribution in [0.15, 0.2) is 42.5 Å². The van der Waals surface area contributed by atoms with Crippen LogP contribution in [0, 0.1) is 19.7 Å². The van der Waals surface area contributed by atoms with Crippen LogP contribution in [0.1, 0.15) is 33.2 Å². The quantitative estimate of drug-likeness (QED) is 0.563. The fourth-order valence-corrected chi connectivity index (χ4v) is 4.61. The van der Waals surface area contributed by atoms with Gasteiger partial charge in [0, 0.05) is 55.4 Å². The SMILES string of the molecule is COCCn1c(C)c(C)c2cc(C(=O)NCC(c3cccc(F)c3)N3CCOCC3)ccc21. The summed E-state index contributed by atoms with van der Waals surface area (Å²) in [5.41, 5.74) is 4.92. The van der Waals surface area contributed by atoms with Crippen LogP contribution in [0.4, 0.5) is 4.39 Å². The Kier molecular flexibility index (Phi) is 7.42. The summed E-state index contributed by atoms with van der Waals surface area (Å²) in [5.74, 6) is -0.403. The summed E-state index contributed by atoms with van der Waals surface area (Å²) in [6.45, 7) is 8.74. The van der Waals surface area contributed by atoms with Gasteiger partial charge in [-0.05, 0) is 55.3 Å². The van der Waals surface area contributed by atoms with E-state index in [1.807, 2.05) is 24.3 Å². The zero-order chi connectivity index (χ0) is 23.4. The molecule has 1 aromatic heterocycles. The van der Waals surface area contributed by atoms with Crippen LogP contribution in [0.2, 0.25) is 0 Å². The van der Waals surface area contributed by atoms with Crippen molar-refractivity contribution in [3.8, 4) is 0 Å². The van der Waals surface area contributed by atoms with E-state index in [4.69, 9.17) is 9.47 Å². The molecular formula is C26H32FN3O3. The molecule has 0 bridgehead atoms. The molecule has 176 valence electrons. The summed E-state index contributed by atoms with van der Waals surface area (Å²) >= 11 is 0. The first kappa shape index (κ1) is 23.4. The van der Waals surface area contributed by atoms with E-state index in [1.165, 1.54) is 17.3 Å². The largest absolute Gasteiger partial charge is 0.383 e. The molecule has 0 aliphatic carbocycles. The third-order valence-electron chi connectivity index (χ3n) is 6.60. The Morgan fingerprint density at radius 3 is 2.70 bits per heavy atom. The highest BCUT2D eigenvalue weighted by Gasteiger charge is 2.24. The van der Waals surface area contributed by atoms with Crippen molar-refractivity contribution >= 4 is 16.8 Å². The van der Waals surface area contributed by atoms with Crippen molar-refractivity contribution in [2.24, 2.45) is 0 Å². The second-order valence-electron chi connectivity index (χ2n) is 8.52. The topological polar surface area (TPSA) is 55.7 Å². The lowest BCUT2D eigenvalue weighted by atomic mass is 10.0. The number of aromatic nitrogens is 1. The summed E-state index contributed by atoms with van der Waals surface area (Å²) in [7, 11) is 1.70. The van der Waals surface area contributed by atoms with Crippen LogP contribution < -0.4 is 5.32 Å². The third-order valence-corrected chi connectivity index (χ3v) is 6.60. The second-order valence-corrected chi connectivity index (χ2v) is 8.52. The van der Waals surface area contributed by atoms with E-state index in [2.05, 4.69) is 28.6 Å². The van der Waals surface area contributed by atoms with Crippen molar-refractivity contribution in [3.05, 3.63) is 70.7 Å². The number of halogens is 1. The average molecular weight is 454 g/mol. The number of methoxy groups -OCH3 is 1. The number of fused-ring (bicyclic) bond motifs is 1. The Morgan fingerprint density at radius 2 is 1.97 bits per heavy atom. The zero-order valence-corrected chi connectivity index (χ0v) is 19.6. The number of rotatable bonds is 8. The molecule has 1 N–H and O–H groups in total. The lowest BCUT2D eigenvalue weighted by Gasteiger charge is -2.35. The van der Waals surface area contributed by atoms with Crippen LogP contribution in [-0.2, 0) is 16.0 Å². The minimum Gasteiger partial charge on any atom is -0.383 e. The molecule has 0 spiro atoms. The molecule has 2 aromatic carbocycles. The minimum absolute atomic E-state index is 0.114. The van der Waals surface area contributed by atoms with Crippen LogP contribution in [0.25, 0.3) is 10.9 Å². The van der Waals surface area contributed by atoms with E-state index in [0.29, 0.717) is 31.9 Å². The van der Waals surface area contributed by atoms with E-state index in [-0.39, 0.29) is 17.8 Å². The molecule has 3 aromatic rings. The smallest absolute Gasteiger partial charge is 0.251 e. The van der Waals surface area contributed by atoms with Crippen molar-refractivity contribution in [3.63, 3.8) is 0 Å². The van der Waals surface area contributed by atoms with E-state index in [9.17, 15) is 9.18 Å².